The lowest BCUT2D eigenvalue weighted by Gasteiger charge is -2.43. The van der Waals surface area contributed by atoms with E-state index in [1.54, 1.807) is 18.2 Å². The molecule has 1 fully saturated rings. The molecule has 8 nitrogen and oxygen atoms in total. The molecule has 1 N–H and O–H groups in total. The van der Waals surface area contributed by atoms with Crippen LogP contribution in [0.1, 0.15) is 27.9 Å². The van der Waals surface area contributed by atoms with Gasteiger partial charge in [0, 0.05) is 26.5 Å². The van der Waals surface area contributed by atoms with Crippen molar-refractivity contribution in [3.05, 3.63) is 91.5 Å². The standard InChI is InChI=1S/C19H17N3O5/c23-17-15-8-4-5-9-16(15)18(21(24)25)11-19(17,22(26)27)13-20(12-18)10-14-6-2-1-3-7-14/h1-9H,10-13H2/p+1/t18-,19+/m0/s1. The Morgan fingerprint density at radius 1 is 0.889 bits per heavy atom. The van der Waals surface area contributed by atoms with Gasteiger partial charge in [0.2, 0.25) is 5.78 Å². The van der Waals surface area contributed by atoms with Gasteiger partial charge in [-0.3, -0.25) is 25.0 Å². The first-order valence-electron chi connectivity index (χ1n) is 8.70. The molecule has 1 saturated heterocycles. The Labute approximate surface area is 154 Å². The van der Waals surface area contributed by atoms with E-state index in [0.29, 0.717) is 17.0 Å². The third-order valence-corrected chi connectivity index (χ3v) is 5.76. The maximum atomic E-state index is 13.1. The number of nitrogens with one attached hydrogen (secondary N) is 1. The SMILES string of the molecule is O=C1c2ccccc2[C@@]2([N+](=O)[O-])C[NH+](Cc3ccccc3)C[C@]1([N+](=O)[O-])C2. The van der Waals surface area contributed by atoms with E-state index in [2.05, 4.69) is 0 Å². The number of fused-ring (bicyclic) bond motifs is 4. The van der Waals surface area contributed by atoms with Crippen molar-refractivity contribution in [2.24, 2.45) is 0 Å². The van der Waals surface area contributed by atoms with Crippen LogP contribution < -0.4 is 4.90 Å². The molecule has 0 aromatic heterocycles. The van der Waals surface area contributed by atoms with Gasteiger partial charge >= 0.3 is 11.1 Å². The van der Waals surface area contributed by atoms with Crippen LogP contribution in [0.2, 0.25) is 0 Å². The minimum absolute atomic E-state index is 0.0579. The molecular weight excluding hydrogens is 350 g/mol. The molecule has 2 bridgehead atoms. The first kappa shape index (κ1) is 17.3. The van der Waals surface area contributed by atoms with Gasteiger partial charge in [-0.25, -0.2) is 0 Å². The maximum Gasteiger partial charge on any atom is 0.338 e. The summed E-state index contributed by atoms with van der Waals surface area (Å²) in [5.41, 5.74) is -2.28. The number of quaternary nitrogens is 1. The quantitative estimate of drug-likeness (QED) is 0.636. The molecule has 1 aliphatic heterocycles. The van der Waals surface area contributed by atoms with Crippen LogP contribution in [0, 0.1) is 20.2 Å². The lowest BCUT2D eigenvalue weighted by Crippen LogP contribution is -3.17. The van der Waals surface area contributed by atoms with Crippen LogP contribution in [0.4, 0.5) is 0 Å². The highest BCUT2D eigenvalue weighted by molar-refractivity contribution is 6.05. The second-order valence-electron chi connectivity index (χ2n) is 7.39. The van der Waals surface area contributed by atoms with Gasteiger partial charge < -0.3 is 4.90 Å². The summed E-state index contributed by atoms with van der Waals surface area (Å²) in [5.74, 6) is -0.620. The van der Waals surface area contributed by atoms with Crippen molar-refractivity contribution in [1.82, 2.24) is 0 Å². The molecule has 0 radical (unpaired) electrons. The fraction of sp³-hybridized carbons (Fsp3) is 0.316. The molecule has 138 valence electrons. The number of hydrogen-bond acceptors (Lipinski definition) is 5. The van der Waals surface area contributed by atoms with Crippen LogP contribution >= 0.6 is 0 Å². The van der Waals surface area contributed by atoms with Gasteiger partial charge in [0.1, 0.15) is 13.0 Å². The number of nitrogens with zero attached hydrogens (tertiary/aromatic N) is 2. The third kappa shape index (κ3) is 2.44. The molecule has 1 aliphatic carbocycles. The van der Waals surface area contributed by atoms with E-state index in [1.807, 2.05) is 30.3 Å². The van der Waals surface area contributed by atoms with Crippen LogP contribution in [0.3, 0.4) is 0 Å². The van der Waals surface area contributed by atoms with Gasteiger partial charge in [-0.05, 0) is 0 Å². The second kappa shape index (κ2) is 5.95. The summed E-state index contributed by atoms with van der Waals surface area (Å²) in [6, 6.07) is 15.6. The van der Waals surface area contributed by atoms with Crippen LogP contribution in [0.15, 0.2) is 54.6 Å². The van der Waals surface area contributed by atoms with E-state index >= 15 is 0 Å². The summed E-state index contributed by atoms with van der Waals surface area (Å²) in [6.45, 7) is 0.438. The maximum absolute atomic E-state index is 13.1. The highest BCUT2D eigenvalue weighted by Crippen LogP contribution is 2.44. The van der Waals surface area contributed by atoms with E-state index < -0.39 is 33.1 Å². The molecule has 2 aliphatic rings. The highest BCUT2D eigenvalue weighted by atomic mass is 16.6. The number of carbonyl (C=O) groups is 1. The molecule has 0 saturated carbocycles. The number of benzene rings is 2. The lowest BCUT2D eigenvalue weighted by atomic mass is 9.64. The Hall–Kier alpha value is -3.13. The minimum atomic E-state index is -1.97. The topological polar surface area (TPSA) is 108 Å². The highest BCUT2D eigenvalue weighted by Gasteiger charge is 2.73. The van der Waals surface area contributed by atoms with Crippen LogP contribution in [-0.4, -0.2) is 34.3 Å². The van der Waals surface area contributed by atoms with E-state index in [9.17, 15) is 25.0 Å². The number of nitro groups is 2. The van der Waals surface area contributed by atoms with Gasteiger partial charge in [0.15, 0.2) is 13.1 Å². The fourth-order valence-corrected chi connectivity index (χ4v) is 4.64. The third-order valence-electron chi connectivity index (χ3n) is 5.76. The molecule has 4 rings (SSSR count). The number of Topliss-reactive ketones (excluding diaryl/α,β-unsaturated/α-hetero) is 1. The zero-order valence-corrected chi connectivity index (χ0v) is 14.5. The summed E-state index contributed by atoms with van der Waals surface area (Å²) in [6.07, 6.45) is -0.395. The molecule has 8 heteroatoms. The van der Waals surface area contributed by atoms with Crippen molar-refractivity contribution < 1.29 is 19.5 Å². The molecule has 1 unspecified atom stereocenters. The van der Waals surface area contributed by atoms with Crippen molar-refractivity contribution in [1.29, 1.82) is 0 Å². The molecule has 0 amide bonds. The van der Waals surface area contributed by atoms with Crippen LogP contribution in [-0.2, 0) is 12.1 Å². The second-order valence-corrected chi connectivity index (χ2v) is 7.39. The summed E-state index contributed by atoms with van der Waals surface area (Å²) < 4.78 is 0. The van der Waals surface area contributed by atoms with Gasteiger partial charge in [0.05, 0.1) is 0 Å². The zero-order chi connectivity index (χ0) is 19.2. The average molecular weight is 368 g/mol. The Morgan fingerprint density at radius 2 is 1.48 bits per heavy atom. The predicted octanol–water partition coefficient (Wildman–Crippen LogP) is 0.859. The molecule has 27 heavy (non-hydrogen) atoms. The van der Waals surface area contributed by atoms with Crippen LogP contribution in [0.5, 0.6) is 0 Å². The van der Waals surface area contributed by atoms with Crippen molar-refractivity contribution >= 4 is 5.78 Å². The zero-order valence-electron chi connectivity index (χ0n) is 14.5. The number of likely N-dealkylation sites (tertiary alicyclic amines) is 1. The number of hydrogen-bond donors (Lipinski definition) is 1. The number of rotatable bonds is 4. The Kier molecular flexibility index (Phi) is 3.81. The monoisotopic (exact) mass is 368 g/mol. The fourth-order valence-electron chi connectivity index (χ4n) is 4.64. The molecule has 0 spiro atoms. The molecule has 1 heterocycles. The van der Waals surface area contributed by atoms with Gasteiger partial charge in [0.25, 0.3) is 0 Å². The Bertz CT molecular complexity index is 947. The molecule has 2 aromatic carbocycles. The van der Waals surface area contributed by atoms with Crippen molar-refractivity contribution in [2.75, 3.05) is 13.1 Å². The van der Waals surface area contributed by atoms with Crippen molar-refractivity contribution in [3.63, 3.8) is 0 Å². The van der Waals surface area contributed by atoms with E-state index in [0.717, 1.165) is 5.56 Å². The summed E-state index contributed by atoms with van der Waals surface area (Å²) in [4.78, 5) is 36.9. The summed E-state index contributed by atoms with van der Waals surface area (Å²) in [5, 5.41) is 24.2. The van der Waals surface area contributed by atoms with E-state index in [1.165, 1.54) is 6.07 Å². The molecule has 3 atom stereocenters. The van der Waals surface area contributed by atoms with Crippen molar-refractivity contribution in [3.8, 4) is 0 Å². The van der Waals surface area contributed by atoms with Crippen molar-refractivity contribution in [2.45, 2.75) is 24.0 Å². The van der Waals surface area contributed by atoms with Gasteiger partial charge in [-0.15, -0.1) is 0 Å². The number of ketones is 1. The molecule has 2 aromatic rings. The average Bonchev–Trinajstić information content (AvgIpc) is 2.66. The smallest absolute Gasteiger partial charge is 0.319 e. The van der Waals surface area contributed by atoms with Gasteiger partial charge in [-0.2, -0.15) is 0 Å². The normalized spacial score (nSPS) is 29.0. The lowest BCUT2D eigenvalue weighted by molar-refractivity contribution is -0.956. The first-order valence-corrected chi connectivity index (χ1v) is 8.70. The number of piperidine rings is 1. The Balaban J connectivity index is 1.87. The Morgan fingerprint density at radius 3 is 2.15 bits per heavy atom. The largest absolute Gasteiger partial charge is 0.338 e. The van der Waals surface area contributed by atoms with Crippen LogP contribution in [0.25, 0.3) is 0 Å². The summed E-state index contributed by atoms with van der Waals surface area (Å²) in [7, 11) is 0. The molecular formula is C19H18N3O5+. The summed E-state index contributed by atoms with van der Waals surface area (Å²) >= 11 is 0. The predicted molar refractivity (Wildman–Crippen MR) is 94.6 cm³/mol. The van der Waals surface area contributed by atoms with E-state index in [-0.39, 0.29) is 18.7 Å². The first-order chi connectivity index (χ1) is 12.9. The van der Waals surface area contributed by atoms with Gasteiger partial charge in [-0.1, -0.05) is 54.6 Å². The minimum Gasteiger partial charge on any atom is -0.319 e. The number of carbonyl (C=O) groups excluding carboxylic acids is 1. The van der Waals surface area contributed by atoms with E-state index in [4.69, 9.17) is 0 Å².